The summed E-state index contributed by atoms with van der Waals surface area (Å²) >= 11 is 0. The van der Waals surface area contributed by atoms with Crippen LogP contribution in [0.25, 0.3) is 0 Å². The number of anilines is 1. The number of hydrogen-bond donors (Lipinski definition) is 2. The Hall–Kier alpha value is -1.22. The van der Waals surface area contributed by atoms with Crippen LogP contribution in [-0.4, -0.2) is 19.7 Å². The molecule has 0 bridgehead atoms. The van der Waals surface area contributed by atoms with E-state index in [1.807, 2.05) is 31.2 Å². The fourth-order valence-corrected chi connectivity index (χ4v) is 0.981. The number of benzene rings is 1. The van der Waals surface area contributed by atoms with Crippen molar-refractivity contribution >= 4 is 5.69 Å². The average Bonchev–Trinajstić information content (AvgIpc) is 2.24. The van der Waals surface area contributed by atoms with Crippen molar-refractivity contribution in [2.45, 2.75) is 20.8 Å². The highest BCUT2D eigenvalue weighted by Gasteiger charge is 1.88. The van der Waals surface area contributed by atoms with Gasteiger partial charge in [0.15, 0.2) is 0 Å². The average molecular weight is 210 g/mol. The molecular weight excluding hydrogens is 188 g/mol. The Labute approximate surface area is 92.6 Å². The molecule has 3 heteroatoms. The van der Waals surface area contributed by atoms with Crippen molar-refractivity contribution in [2.75, 3.05) is 25.4 Å². The maximum absolute atomic E-state index is 5.47. The van der Waals surface area contributed by atoms with Crippen molar-refractivity contribution in [3.63, 3.8) is 0 Å². The van der Waals surface area contributed by atoms with E-state index >= 15 is 0 Å². The van der Waals surface area contributed by atoms with Crippen LogP contribution < -0.4 is 15.8 Å². The van der Waals surface area contributed by atoms with Crippen LogP contribution in [0.2, 0.25) is 0 Å². The first-order valence-electron chi connectivity index (χ1n) is 5.43. The first-order valence-corrected chi connectivity index (χ1v) is 5.43. The molecule has 0 amide bonds. The molecule has 0 spiro atoms. The molecule has 0 unspecified atom stereocenters. The standard InChI is InChI=1S/C8H11NO.C4H11N/c1-2-10-8-5-3-7(9)4-6-8;1-3-5-4-2/h3-6H,2,9H2,1H3;5H,3-4H2,1-2H3. The molecule has 0 saturated heterocycles. The van der Waals surface area contributed by atoms with Gasteiger partial charge in [0.25, 0.3) is 0 Å². The minimum absolute atomic E-state index is 0.698. The highest BCUT2D eigenvalue weighted by molar-refractivity contribution is 5.41. The number of ether oxygens (including phenoxy) is 1. The quantitative estimate of drug-likeness (QED) is 0.749. The summed E-state index contributed by atoms with van der Waals surface area (Å²) in [5, 5.41) is 3.11. The smallest absolute Gasteiger partial charge is 0.119 e. The lowest BCUT2D eigenvalue weighted by Crippen LogP contribution is -2.09. The second kappa shape index (κ2) is 9.34. The molecule has 0 radical (unpaired) electrons. The van der Waals surface area contributed by atoms with Crippen molar-refractivity contribution in [1.29, 1.82) is 0 Å². The van der Waals surface area contributed by atoms with Crippen LogP contribution >= 0.6 is 0 Å². The van der Waals surface area contributed by atoms with Crippen LogP contribution in [0.5, 0.6) is 5.75 Å². The molecular formula is C12H22N2O. The van der Waals surface area contributed by atoms with Gasteiger partial charge in [-0.15, -0.1) is 0 Å². The van der Waals surface area contributed by atoms with Crippen molar-refractivity contribution in [3.05, 3.63) is 24.3 Å². The van der Waals surface area contributed by atoms with Gasteiger partial charge in [0.2, 0.25) is 0 Å². The zero-order valence-electron chi connectivity index (χ0n) is 9.92. The van der Waals surface area contributed by atoms with E-state index in [-0.39, 0.29) is 0 Å². The molecule has 0 aromatic heterocycles. The number of rotatable bonds is 4. The van der Waals surface area contributed by atoms with Crippen LogP contribution in [0.15, 0.2) is 24.3 Å². The Morgan fingerprint density at radius 3 is 1.93 bits per heavy atom. The summed E-state index contributed by atoms with van der Waals surface area (Å²) in [6.07, 6.45) is 0. The summed E-state index contributed by atoms with van der Waals surface area (Å²) in [4.78, 5) is 0. The van der Waals surface area contributed by atoms with Crippen LogP contribution in [0.1, 0.15) is 20.8 Å². The van der Waals surface area contributed by atoms with E-state index in [1.165, 1.54) is 0 Å². The Morgan fingerprint density at radius 2 is 1.60 bits per heavy atom. The van der Waals surface area contributed by atoms with Crippen LogP contribution in [0.4, 0.5) is 5.69 Å². The molecule has 86 valence electrons. The molecule has 0 atom stereocenters. The van der Waals surface area contributed by atoms with Gasteiger partial charge < -0.3 is 15.8 Å². The molecule has 0 aliphatic heterocycles. The number of nitrogens with two attached hydrogens (primary N) is 1. The summed E-state index contributed by atoms with van der Waals surface area (Å²) in [6, 6.07) is 7.37. The number of nitrogen functional groups attached to an aromatic ring is 1. The summed E-state index contributed by atoms with van der Waals surface area (Å²) in [5.41, 5.74) is 6.23. The maximum atomic E-state index is 5.47. The number of hydrogen-bond acceptors (Lipinski definition) is 3. The van der Waals surface area contributed by atoms with E-state index in [0.29, 0.717) is 6.61 Å². The topological polar surface area (TPSA) is 47.3 Å². The van der Waals surface area contributed by atoms with Crippen molar-refractivity contribution in [1.82, 2.24) is 5.32 Å². The van der Waals surface area contributed by atoms with Gasteiger partial charge in [0.05, 0.1) is 6.61 Å². The Balaban J connectivity index is 0.000000336. The fourth-order valence-electron chi connectivity index (χ4n) is 0.981. The SMILES string of the molecule is CCNCC.CCOc1ccc(N)cc1. The lowest BCUT2D eigenvalue weighted by molar-refractivity contribution is 0.340. The first kappa shape index (κ1) is 13.8. The van der Waals surface area contributed by atoms with Gasteiger partial charge in [-0.25, -0.2) is 0 Å². The minimum atomic E-state index is 0.698. The highest BCUT2D eigenvalue weighted by atomic mass is 16.5. The van der Waals surface area contributed by atoms with E-state index in [0.717, 1.165) is 24.5 Å². The molecule has 0 aliphatic carbocycles. The molecule has 0 heterocycles. The second-order valence-electron chi connectivity index (χ2n) is 2.96. The fraction of sp³-hybridized carbons (Fsp3) is 0.500. The van der Waals surface area contributed by atoms with Gasteiger partial charge in [-0.2, -0.15) is 0 Å². The van der Waals surface area contributed by atoms with E-state index in [2.05, 4.69) is 19.2 Å². The lowest BCUT2D eigenvalue weighted by atomic mass is 10.3. The minimum Gasteiger partial charge on any atom is -0.494 e. The van der Waals surface area contributed by atoms with Gasteiger partial charge in [-0.3, -0.25) is 0 Å². The molecule has 3 N–H and O–H groups in total. The van der Waals surface area contributed by atoms with Crippen molar-refractivity contribution < 1.29 is 4.74 Å². The largest absolute Gasteiger partial charge is 0.494 e. The molecule has 1 aromatic rings. The lowest BCUT2D eigenvalue weighted by Gasteiger charge is -2.01. The summed E-state index contributed by atoms with van der Waals surface area (Å²) in [5.74, 6) is 0.872. The van der Waals surface area contributed by atoms with E-state index < -0.39 is 0 Å². The maximum Gasteiger partial charge on any atom is 0.119 e. The third-order valence-corrected chi connectivity index (χ3v) is 1.69. The zero-order chi connectivity index (χ0) is 11.5. The summed E-state index contributed by atoms with van der Waals surface area (Å²) in [7, 11) is 0. The summed E-state index contributed by atoms with van der Waals surface area (Å²) in [6.45, 7) is 9.04. The van der Waals surface area contributed by atoms with E-state index in [4.69, 9.17) is 10.5 Å². The molecule has 0 fully saturated rings. The predicted molar refractivity (Wildman–Crippen MR) is 66.2 cm³/mol. The van der Waals surface area contributed by atoms with Crippen molar-refractivity contribution in [2.24, 2.45) is 0 Å². The predicted octanol–water partition coefficient (Wildman–Crippen LogP) is 2.28. The van der Waals surface area contributed by atoms with Gasteiger partial charge in [0, 0.05) is 5.69 Å². The molecule has 0 aliphatic rings. The van der Waals surface area contributed by atoms with Gasteiger partial charge in [-0.05, 0) is 44.3 Å². The monoisotopic (exact) mass is 210 g/mol. The molecule has 1 aromatic carbocycles. The van der Waals surface area contributed by atoms with Crippen molar-refractivity contribution in [3.8, 4) is 5.75 Å². The first-order chi connectivity index (χ1) is 7.24. The molecule has 0 saturated carbocycles. The Bertz CT molecular complexity index is 232. The van der Waals surface area contributed by atoms with Crippen LogP contribution in [-0.2, 0) is 0 Å². The van der Waals surface area contributed by atoms with E-state index in [1.54, 1.807) is 0 Å². The van der Waals surface area contributed by atoms with Gasteiger partial charge >= 0.3 is 0 Å². The normalized spacial score (nSPS) is 9.00. The Morgan fingerprint density at radius 1 is 1.07 bits per heavy atom. The van der Waals surface area contributed by atoms with Crippen LogP contribution in [0.3, 0.4) is 0 Å². The zero-order valence-corrected chi connectivity index (χ0v) is 9.92. The highest BCUT2D eigenvalue weighted by Crippen LogP contribution is 2.12. The summed E-state index contributed by atoms with van der Waals surface area (Å²) < 4.78 is 5.21. The van der Waals surface area contributed by atoms with E-state index in [9.17, 15) is 0 Å². The third kappa shape index (κ3) is 7.82. The molecule has 1 rings (SSSR count). The van der Waals surface area contributed by atoms with Crippen LogP contribution in [0, 0.1) is 0 Å². The number of nitrogens with one attached hydrogen (secondary N) is 1. The molecule has 15 heavy (non-hydrogen) atoms. The second-order valence-corrected chi connectivity index (χ2v) is 2.96. The third-order valence-electron chi connectivity index (χ3n) is 1.69. The van der Waals surface area contributed by atoms with Gasteiger partial charge in [0.1, 0.15) is 5.75 Å². The van der Waals surface area contributed by atoms with Gasteiger partial charge in [-0.1, -0.05) is 13.8 Å². The Kier molecular flexibility index (Phi) is 8.58. The molecule has 3 nitrogen and oxygen atoms in total.